The van der Waals surface area contributed by atoms with E-state index in [0.29, 0.717) is 32.3 Å². The SMILES string of the molecule is COCC(O)(C1CC1)C1(CN)CCOCC1. The lowest BCUT2D eigenvalue weighted by Gasteiger charge is -2.49. The monoisotopic (exact) mass is 229 g/mol. The van der Waals surface area contributed by atoms with Crippen LogP contribution in [0.1, 0.15) is 25.7 Å². The second kappa shape index (κ2) is 4.61. The van der Waals surface area contributed by atoms with Crippen molar-refractivity contribution >= 4 is 0 Å². The molecule has 94 valence electrons. The van der Waals surface area contributed by atoms with Gasteiger partial charge in [-0.2, -0.15) is 0 Å². The Balaban J connectivity index is 2.20. The summed E-state index contributed by atoms with van der Waals surface area (Å²) in [7, 11) is 1.65. The van der Waals surface area contributed by atoms with Crippen LogP contribution < -0.4 is 5.73 Å². The maximum Gasteiger partial charge on any atom is 0.0977 e. The summed E-state index contributed by atoms with van der Waals surface area (Å²) in [6.45, 7) is 2.33. The largest absolute Gasteiger partial charge is 0.387 e. The summed E-state index contributed by atoms with van der Waals surface area (Å²) < 4.78 is 10.6. The first-order valence-electron chi connectivity index (χ1n) is 6.18. The number of methoxy groups -OCH3 is 1. The lowest BCUT2D eigenvalue weighted by Crippen LogP contribution is -2.59. The lowest BCUT2D eigenvalue weighted by molar-refractivity contribution is -0.168. The molecule has 0 aromatic rings. The molecule has 2 fully saturated rings. The van der Waals surface area contributed by atoms with Gasteiger partial charge in [-0.3, -0.25) is 0 Å². The van der Waals surface area contributed by atoms with Crippen molar-refractivity contribution in [2.24, 2.45) is 17.1 Å². The van der Waals surface area contributed by atoms with E-state index < -0.39 is 5.60 Å². The highest BCUT2D eigenvalue weighted by molar-refractivity contribution is 5.08. The van der Waals surface area contributed by atoms with E-state index in [1.54, 1.807) is 7.11 Å². The summed E-state index contributed by atoms with van der Waals surface area (Å²) in [4.78, 5) is 0. The first kappa shape index (κ1) is 12.3. The fourth-order valence-corrected chi connectivity index (χ4v) is 3.06. The second-order valence-corrected chi connectivity index (χ2v) is 5.23. The summed E-state index contributed by atoms with van der Waals surface area (Å²) in [6.07, 6.45) is 3.89. The maximum absolute atomic E-state index is 11.0. The van der Waals surface area contributed by atoms with Gasteiger partial charge in [0, 0.05) is 32.3 Å². The molecule has 1 aliphatic carbocycles. The average molecular weight is 229 g/mol. The van der Waals surface area contributed by atoms with Gasteiger partial charge in [0.15, 0.2) is 0 Å². The van der Waals surface area contributed by atoms with Crippen molar-refractivity contribution in [3.63, 3.8) is 0 Å². The Morgan fingerprint density at radius 1 is 1.44 bits per heavy atom. The highest BCUT2D eigenvalue weighted by Gasteiger charge is 2.57. The quantitative estimate of drug-likeness (QED) is 0.722. The first-order valence-corrected chi connectivity index (χ1v) is 6.18. The van der Waals surface area contributed by atoms with Crippen LogP contribution >= 0.6 is 0 Å². The molecule has 1 saturated heterocycles. The van der Waals surface area contributed by atoms with E-state index in [0.717, 1.165) is 25.7 Å². The molecule has 1 unspecified atom stereocenters. The zero-order valence-corrected chi connectivity index (χ0v) is 10.1. The summed E-state index contributed by atoms with van der Waals surface area (Å²) in [5.74, 6) is 0.370. The molecule has 4 heteroatoms. The number of rotatable bonds is 5. The fraction of sp³-hybridized carbons (Fsp3) is 1.00. The number of hydrogen-bond acceptors (Lipinski definition) is 4. The van der Waals surface area contributed by atoms with Gasteiger partial charge in [0.1, 0.15) is 0 Å². The van der Waals surface area contributed by atoms with Crippen LogP contribution in [0.3, 0.4) is 0 Å². The van der Waals surface area contributed by atoms with Crippen molar-refractivity contribution in [1.29, 1.82) is 0 Å². The highest BCUT2D eigenvalue weighted by atomic mass is 16.5. The van der Waals surface area contributed by atoms with Crippen LogP contribution in [0.4, 0.5) is 0 Å². The minimum Gasteiger partial charge on any atom is -0.387 e. The Bertz CT molecular complexity index is 234. The molecule has 0 aromatic carbocycles. The molecule has 1 saturated carbocycles. The third-order valence-electron chi connectivity index (χ3n) is 4.38. The van der Waals surface area contributed by atoms with Gasteiger partial charge in [-0.1, -0.05) is 0 Å². The van der Waals surface area contributed by atoms with Crippen LogP contribution in [0.5, 0.6) is 0 Å². The molecule has 0 amide bonds. The van der Waals surface area contributed by atoms with Gasteiger partial charge in [0.05, 0.1) is 12.2 Å². The third kappa shape index (κ3) is 1.88. The van der Waals surface area contributed by atoms with E-state index in [-0.39, 0.29) is 5.41 Å². The Hall–Kier alpha value is -0.160. The smallest absolute Gasteiger partial charge is 0.0977 e. The van der Waals surface area contributed by atoms with Gasteiger partial charge in [0.2, 0.25) is 0 Å². The molecule has 0 aromatic heterocycles. The topological polar surface area (TPSA) is 64.7 Å². The van der Waals surface area contributed by atoms with Gasteiger partial charge in [0.25, 0.3) is 0 Å². The molecule has 2 aliphatic rings. The normalized spacial score (nSPS) is 28.7. The molecular weight excluding hydrogens is 206 g/mol. The number of ether oxygens (including phenoxy) is 2. The number of hydrogen-bond donors (Lipinski definition) is 2. The van der Waals surface area contributed by atoms with Crippen molar-refractivity contribution in [2.45, 2.75) is 31.3 Å². The van der Waals surface area contributed by atoms with Gasteiger partial charge < -0.3 is 20.3 Å². The van der Waals surface area contributed by atoms with Crippen molar-refractivity contribution < 1.29 is 14.6 Å². The Labute approximate surface area is 97.1 Å². The molecule has 16 heavy (non-hydrogen) atoms. The Morgan fingerprint density at radius 2 is 2.06 bits per heavy atom. The summed E-state index contributed by atoms with van der Waals surface area (Å²) in [6, 6.07) is 0. The van der Waals surface area contributed by atoms with Crippen LogP contribution in [0.2, 0.25) is 0 Å². The fourth-order valence-electron chi connectivity index (χ4n) is 3.06. The number of nitrogens with two attached hydrogens (primary N) is 1. The molecule has 4 nitrogen and oxygen atoms in total. The minimum atomic E-state index is -0.750. The van der Waals surface area contributed by atoms with Gasteiger partial charge in [-0.15, -0.1) is 0 Å². The highest BCUT2D eigenvalue weighted by Crippen LogP contribution is 2.52. The van der Waals surface area contributed by atoms with E-state index in [9.17, 15) is 5.11 Å². The van der Waals surface area contributed by atoms with Crippen LogP contribution in [0.15, 0.2) is 0 Å². The maximum atomic E-state index is 11.0. The number of aliphatic hydroxyl groups is 1. The van der Waals surface area contributed by atoms with Crippen LogP contribution in [0, 0.1) is 11.3 Å². The van der Waals surface area contributed by atoms with E-state index in [2.05, 4.69) is 0 Å². The minimum absolute atomic E-state index is 0.206. The standard InChI is InChI=1S/C12H23NO3/c1-15-9-12(14,10-2-3-10)11(8-13)4-6-16-7-5-11/h10,14H,2-9,13H2,1H3. The molecule has 0 radical (unpaired) electrons. The first-order chi connectivity index (χ1) is 7.68. The lowest BCUT2D eigenvalue weighted by atomic mass is 9.64. The zero-order chi connectivity index (χ0) is 11.6. The van der Waals surface area contributed by atoms with Crippen molar-refractivity contribution in [1.82, 2.24) is 0 Å². The van der Waals surface area contributed by atoms with Crippen molar-refractivity contribution in [2.75, 3.05) is 33.5 Å². The second-order valence-electron chi connectivity index (χ2n) is 5.23. The summed E-state index contributed by atoms with van der Waals surface area (Å²) in [5.41, 5.74) is 4.99. The predicted octanol–water partition coefficient (Wildman–Crippen LogP) is 0.529. The van der Waals surface area contributed by atoms with E-state index in [1.807, 2.05) is 0 Å². The molecule has 3 N–H and O–H groups in total. The van der Waals surface area contributed by atoms with E-state index >= 15 is 0 Å². The Kier molecular flexibility index (Phi) is 3.54. The van der Waals surface area contributed by atoms with Crippen molar-refractivity contribution in [3.05, 3.63) is 0 Å². The van der Waals surface area contributed by atoms with Crippen molar-refractivity contribution in [3.8, 4) is 0 Å². The average Bonchev–Trinajstić information content (AvgIpc) is 3.14. The molecule has 0 bridgehead atoms. The third-order valence-corrected chi connectivity index (χ3v) is 4.38. The van der Waals surface area contributed by atoms with Crippen LogP contribution in [-0.2, 0) is 9.47 Å². The van der Waals surface area contributed by atoms with Gasteiger partial charge >= 0.3 is 0 Å². The van der Waals surface area contributed by atoms with Gasteiger partial charge in [-0.25, -0.2) is 0 Å². The predicted molar refractivity (Wildman–Crippen MR) is 61.1 cm³/mol. The van der Waals surface area contributed by atoms with E-state index in [1.165, 1.54) is 0 Å². The van der Waals surface area contributed by atoms with Crippen LogP contribution in [0.25, 0.3) is 0 Å². The molecule has 0 spiro atoms. The van der Waals surface area contributed by atoms with Crippen LogP contribution in [-0.4, -0.2) is 44.2 Å². The molecule has 2 rings (SSSR count). The molecule has 1 atom stereocenters. The molecular formula is C12H23NO3. The summed E-state index contributed by atoms with van der Waals surface area (Å²) in [5, 5.41) is 11.0. The van der Waals surface area contributed by atoms with E-state index in [4.69, 9.17) is 15.2 Å². The zero-order valence-electron chi connectivity index (χ0n) is 10.1. The van der Waals surface area contributed by atoms with Gasteiger partial charge in [-0.05, 0) is 31.6 Å². The summed E-state index contributed by atoms with van der Waals surface area (Å²) >= 11 is 0. The Morgan fingerprint density at radius 3 is 2.50 bits per heavy atom. The molecule has 1 aliphatic heterocycles. The molecule has 1 heterocycles.